The van der Waals surface area contributed by atoms with Gasteiger partial charge in [0.25, 0.3) is 0 Å². The number of aromatic nitrogens is 4. The van der Waals surface area contributed by atoms with Crippen molar-refractivity contribution in [2.24, 2.45) is 7.05 Å². The molecule has 19 heavy (non-hydrogen) atoms. The molecular formula is C13H21ClN4O. The highest BCUT2D eigenvalue weighted by Crippen LogP contribution is 2.24. The van der Waals surface area contributed by atoms with Crippen molar-refractivity contribution in [3.05, 3.63) is 11.5 Å². The molecular weight excluding hydrogens is 264 g/mol. The third kappa shape index (κ3) is 2.49. The molecule has 0 aliphatic heterocycles. The molecule has 0 aliphatic carbocycles. The van der Waals surface area contributed by atoms with E-state index >= 15 is 0 Å². The van der Waals surface area contributed by atoms with Crippen molar-refractivity contribution in [1.29, 1.82) is 0 Å². The largest absolute Gasteiger partial charge is 0.383 e. The summed E-state index contributed by atoms with van der Waals surface area (Å²) in [5.41, 5.74) is 3.09. The SMILES string of the molecule is CCc1nn(C)c2c1nc(CCCl)n2C(C)COC. The zero-order valence-corrected chi connectivity index (χ0v) is 12.7. The highest BCUT2D eigenvalue weighted by molar-refractivity contribution is 6.17. The van der Waals surface area contributed by atoms with Crippen molar-refractivity contribution in [2.45, 2.75) is 32.7 Å². The van der Waals surface area contributed by atoms with Gasteiger partial charge in [-0.05, 0) is 13.3 Å². The van der Waals surface area contributed by atoms with Crippen LogP contribution in [0.3, 0.4) is 0 Å². The number of fused-ring (bicyclic) bond motifs is 1. The second-order valence-electron chi connectivity index (χ2n) is 4.74. The number of rotatable bonds is 6. The van der Waals surface area contributed by atoms with Gasteiger partial charge in [0.05, 0.1) is 18.3 Å². The number of nitrogens with zero attached hydrogens (tertiary/aromatic N) is 4. The van der Waals surface area contributed by atoms with E-state index in [1.165, 1.54) is 0 Å². The first-order chi connectivity index (χ1) is 9.13. The molecule has 0 bridgehead atoms. The van der Waals surface area contributed by atoms with Crippen LogP contribution in [0.4, 0.5) is 0 Å². The summed E-state index contributed by atoms with van der Waals surface area (Å²) in [5.74, 6) is 1.58. The zero-order valence-electron chi connectivity index (χ0n) is 12.0. The van der Waals surface area contributed by atoms with Crippen LogP contribution in [0.25, 0.3) is 11.2 Å². The van der Waals surface area contributed by atoms with Crippen LogP contribution in [-0.4, -0.2) is 38.9 Å². The molecule has 0 amide bonds. The quantitative estimate of drug-likeness (QED) is 0.765. The van der Waals surface area contributed by atoms with Crippen LogP contribution in [0.1, 0.15) is 31.4 Å². The fraction of sp³-hybridized carbons (Fsp3) is 0.692. The first-order valence-electron chi connectivity index (χ1n) is 6.61. The molecule has 0 spiro atoms. The minimum atomic E-state index is 0.216. The number of methoxy groups -OCH3 is 1. The Labute approximate surface area is 118 Å². The van der Waals surface area contributed by atoms with Crippen LogP contribution in [0.15, 0.2) is 0 Å². The molecule has 106 valence electrons. The molecule has 5 nitrogen and oxygen atoms in total. The Morgan fingerprint density at radius 3 is 2.74 bits per heavy atom. The van der Waals surface area contributed by atoms with Gasteiger partial charge in [-0.25, -0.2) is 4.98 Å². The first-order valence-corrected chi connectivity index (χ1v) is 7.15. The Kier molecular flexibility index (Phi) is 4.47. The summed E-state index contributed by atoms with van der Waals surface area (Å²) in [6.45, 7) is 4.87. The summed E-state index contributed by atoms with van der Waals surface area (Å²) in [6.07, 6.45) is 1.64. The number of aryl methyl sites for hydroxylation is 3. The molecule has 6 heteroatoms. The topological polar surface area (TPSA) is 44.9 Å². The second kappa shape index (κ2) is 5.92. The van der Waals surface area contributed by atoms with E-state index in [9.17, 15) is 0 Å². The van der Waals surface area contributed by atoms with E-state index in [1.54, 1.807) is 7.11 Å². The van der Waals surface area contributed by atoms with Crippen LogP contribution in [-0.2, 0) is 24.6 Å². The van der Waals surface area contributed by atoms with Gasteiger partial charge in [0, 0.05) is 26.5 Å². The van der Waals surface area contributed by atoms with Crippen LogP contribution < -0.4 is 0 Å². The van der Waals surface area contributed by atoms with Gasteiger partial charge in [-0.3, -0.25) is 4.68 Å². The zero-order chi connectivity index (χ0) is 14.0. The Bertz CT molecular complexity index is 560. The van der Waals surface area contributed by atoms with Crippen molar-refractivity contribution in [2.75, 3.05) is 19.6 Å². The third-order valence-electron chi connectivity index (χ3n) is 3.31. The Balaban J connectivity index is 2.61. The van der Waals surface area contributed by atoms with Gasteiger partial charge >= 0.3 is 0 Å². The van der Waals surface area contributed by atoms with E-state index < -0.39 is 0 Å². The maximum Gasteiger partial charge on any atom is 0.159 e. The summed E-state index contributed by atoms with van der Waals surface area (Å²) < 4.78 is 9.38. The fourth-order valence-electron chi connectivity index (χ4n) is 2.53. The molecule has 1 atom stereocenters. The lowest BCUT2D eigenvalue weighted by Gasteiger charge is -2.16. The second-order valence-corrected chi connectivity index (χ2v) is 5.12. The number of hydrogen-bond acceptors (Lipinski definition) is 3. The van der Waals surface area contributed by atoms with Crippen LogP contribution in [0.2, 0.25) is 0 Å². The summed E-state index contributed by atoms with van der Waals surface area (Å²) >= 11 is 5.89. The fourth-order valence-corrected chi connectivity index (χ4v) is 2.69. The van der Waals surface area contributed by atoms with Gasteiger partial charge in [-0.2, -0.15) is 5.10 Å². The summed E-state index contributed by atoms with van der Waals surface area (Å²) in [4.78, 5) is 4.74. The maximum atomic E-state index is 5.89. The molecule has 0 saturated heterocycles. The predicted octanol–water partition coefficient (Wildman–Crippen LogP) is 2.32. The number of hydrogen-bond donors (Lipinski definition) is 0. The van der Waals surface area contributed by atoms with E-state index in [4.69, 9.17) is 21.3 Å². The van der Waals surface area contributed by atoms with E-state index in [0.29, 0.717) is 12.5 Å². The van der Waals surface area contributed by atoms with Crippen molar-refractivity contribution in [3.63, 3.8) is 0 Å². The number of imidazole rings is 1. The normalized spacial score (nSPS) is 13.3. The number of halogens is 1. The van der Waals surface area contributed by atoms with Gasteiger partial charge < -0.3 is 9.30 Å². The lowest BCUT2D eigenvalue weighted by atomic mass is 10.3. The molecule has 0 fully saturated rings. The third-order valence-corrected chi connectivity index (χ3v) is 3.50. The van der Waals surface area contributed by atoms with Crippen molar-refractivity contribution >= 4 is 22.8 Å². The Morgan fingerprint density at radius 2 is 2.16 bits per heavy atom. The number of ether oxygens (including phenoxy) is 1. The molecule has 2 aromatic rings. The molecule has 2 aromatic heterocycles. The molecule has 2 rings (SSSR count). The van der Waals surface area contributed by atoms with Gasteiger partial charge in [-0.15, -0.1) is 11.6 Å². The van der Waals surface area contributed by atoms with Gasteiger partial charge in [0.1, 0.15) is 11.3 Å². The van der Waals surface area contributed by atoms with Crippen molar-refractivity contribution < 1.29 is 4.74 Å². The smallest absolute Gasteiger partial charge is 0.159 e. The maximum absolute atomic E-state index is 5.89. The lowest BCUT2D eigenvalue weighted by Crippen LogP contribution is -2.16. The summed E-state index contributed by atoms with van der Waals surface area (Å²) in [5, 5.41) is 4.53. The van der Waals surface area contributed by atoms with Gasteiger partial charge in [0.15, 0.2) is 5.65 Å². The standard InChI is InChI=1S/C13H21ClN4O/c1-5-10-12-13(17(3)16-10)18(9(2)8-19-4)11(15-12)6-7-14/h9H,5-8H2,1-4H3. The monoisotopic (exact) mass is 284 g/mol. The first kappa shape index (κ1) is 14.3. The van der Waals surface area contributed by atoms with Crippen LogP contribution >= 0.6 is 11.6 Å². The average molecular weight is 285 g/mol. The molecule has 1 unspecified atom stereocenters. The summed E-state index contributed by atoms with van der Waals surface area (Å²) in [6, 6.07) is 0.216. The van der Waals surface area contributed by atoms with E-state index in [0.717, 1.165) is 35.5 Å². The molecule has 0 saturated carbocycles. The van der Waals surface area contributed by atoms with Crippen molar-refractivity contribution in [1.82, 2.24) is 19.3 Å². The van der Waals surface area contributed by atoms with Crippen molar-refractivity contribution in [3.8, 4) is 0 Å². The minimum absolute atomic E-state index is 0.216. The van der Waals surface area contributed by atoms with Gasteiger partial charge in [-0.1, -0.05) is 6.92 Å². The van der Waals surface area contributed by atoms with E-state index in [2.05, 4.69) is 23.5 Å². The Hall–Kier alpha value is -1.07. The molecule has 2 heterocycles. The van der Waals surface area contributed by atoms with E-state index in [-0.39, 0.29) is 6.04 Å². The highest BCUT2D eigenvalue weighted by atomic mass is 35.5. The minimum Gasteiger partial charge on any atom is -0.383 e. The molecule has 0 aromatic carbocycles. The lowest BCUT2D eigenvalue weighted by molar-refractivity contribution is 0.162. The summed E-state index contributed by atoms with van der Waals surface area (Å²) in [7, 11) is 3.68. The molecule has 0 aliphatic rings. The van der Waals surface area contributed by atoms with Crippen LogP contribution in [0, 0.1) is 0 Å². The highest BCUT2D eigenvalue weighted by Gasteiger charge is 2.21. The predicted molar refractivity (Wildman–Crippen MR) is 76.9 cm³/mol. The molecule has 0 N–H and O–H groups in total. The average Bonchev–Trinajstić information content (AvgIpc) is 2.88. The van der Waals surface area contributed by atoms with Gasteiger partial charge in [0.2, 0.25) is 0 Å². The van der Waals surface area contributed by atoms with E-state index in [1.807, 2.05) is 11.7 Å². The number of alkyl halides is 1. The Morgan fingerprint density at radius 1 is 1.42 bits per heavy atom. The van der Waals surface area contributed by atoms with Crippen LogP contribution in [0.5, 0.6) is 0 Å². The molecule has 0 radical (unpaired) electrons.